The average molecular weight is 1220 g/mol. The number of fused-ring (bicyclic) bond motifs is 12. The summed E-state index contributed by atoms with van der Waals surface area (Å²) >= 11 is 0. The van der Waals surface area contributed by atoms with E-state index >= 15 is 0 Å². The molecular weight excluding hydrogens is 1130 g/mol. The van der Waals surface area contributed by atoms with Crippen molar-refractivity contribution in [3.8, 4) is 46.0 Å². The molecule has 6 aliphatic rings. The molecule has 9 nitrogen and oxygen atoms in total. The summed E-state index contributed by atoms with van der Waals surface area (Å²) in [6.07, 6.45) is 16.7. The molecule has 4 heterocycles. The van der Waals surface area contributed by atoms with E-state index in [2.05, 4.69) is 187 Å². The fourth-order valence-corrected chi connectivity index (χ4v) is 13.2. The summed E-state index contributed by atoms with van der Waals surface area (Å²) < 4.78 is 61.7. The Morgan fingerprint density at radius 2 is 0.462 bits per heavy atom. The number of rotatable bonds is 18. The molecule has 0 spiro atoms. The average Bonchev–Trinajstić information content (AvgIpc) is 1.06. The number of allylic oxidation sites excluding steroid dienone is 2. The van der Waals surface area contributed by atoms with E-state index < -0.39 is 0 Å². The van der Waals surface area contributed by atoms with Gasteiger partial charge in [-0.3, -0.25) is 0 Å². The lowest BCUT2D eigenvalue weighted by Crippen LogP contribution is -2.15. The van der Waals surface area contributed by atoms with E-state index in [0.29, 0.717) is 117 Å². The first kappa shape index (κ1) is 64.4. The Kier molecular flexibility index (Phi) is 22.8. The van der Waals surface area contributed by atoms with Gasteiger partial charge in [-0.2, -0.15) is 0 Å². The van der Waals surface area contributed by atoms with Gasteiger partial charge in [0.25, 0.3) is 0 Å². The Bertz CT molecular complexity index is 3310. The molecule has 2 aliphatic carbocycles. The van der Waals surface area contributed by atoms with Gasteiger partial charge in [-0.1, -0.05) is 187 Å². The van der Waals surface area contributed by atoms with Gasteiger partial charge in [-0.05, 0) is 152 Å². The molecule has 91 heavy (non-hydrogen) atoms. The van der Waals surface area contributed by atoms with Gasteiger partial charge in [0, 0.05) is 51.4 Å². The molecule has 0 aromatic heterocycles. The van der Waals surface area contributed by atoms with E-state index in [4.69, 9.17) is 42.6 Å². The van der Waals surface area contributed by atoms with Crippen molar-refractivity contribution in [2.24, 2.45) is 0 Å². The first-order valence-corrected chi connectivity index (χ1v) is 34.0. The predicted octanol–water partition coefficient (Wildman–Crippen LogP) is 17.9. The Balaban J connectivity index is 1.03. The highest BCUT2D eigenvalue weighted by Gasteiger charge is 2.26. The zero-order valence-corrected chi connectivity index (χ0v) is 54.9. The first-order chi connectivity index (χ1) is 44.9. The molecule has 14 rings (SSSR count). The normalized spacial score (nSPS) is 14.4. The number of benzene rings is 8. The molecule has 476 valence electrons. The van der Waals surface area contributed by atoms with E-state index in [1.54, 1.807) is 0 Å². The summed E-state index contributed by atoms with van der Waals surface area (Å²) in [4.78, 5) is 0. The fraction of sp³-hybridized carbons (Fsp3) is 0.390. The van der Waals surface area contributed by atoms with Crippen LogP contribution in [0, 0.1) is 0 Å². The van der Waals surface area contributed by atoms with Gasteiger partial charge in [-0.15, -0.1) is 0 Å². The van der Waals surface area contributed by atoms with Gasteiger partial charge < -0.3 is 42.6 Å². The third-order valence-electron chi connectivity index (χ3n) is 17.2. The van der Waals surface area contributed by atoms with Crippen molar-refractivity contribution in [3.63, 3.8) is 0 Å². The van der Waals surface area contributed by atoms with Crippen LogP contribution in [0.5, 0.6) is 46.0 Å². The van der Waals surface area contributed by atoms with Crippen LogP contribution < -0.4 is 37.9 Å². The number of para-hydroxylation sites is 6. The molecule has 8 aromatic rings. The van der Waals surface area contributed by atoms with Gasteiger partial charge in [-0.25, -0.2) is 0 Å². The van der Waals surface area contributed by atoms with Gasteiger partial charge in [0.15, 0.2) is 0 Å². The van der Waals surface area contributed by atoms with Crippen LogP contribution in [0.25, 0.3) is 0 Å². The molecule has 0 radical (unpaired) electrons. The number of ether oxygens (including phenoxy) is 9. The minimum Gasteiger partial charge on any atom is -0.493 e. The maximum absolute atomic E-state index is 7.15. The lowest BCUT2D eigenvalue weighted by molar-refractivity contribution is 0.0756. The second-order valence-electron chi connectivity index (χ2n) is 24.6. The minimum absolute atomic E-state index is 0.349. The molecule has 20 bridgehead atoms. The van der Waals surface area contributed by atoms with Crippen molar-refractivity contribution < 1.29 is 42.6 Å². The minimum atomic E-state index is 0.349. The van der Waals surface area contributed by atoms with Crippen LogP contribution in [-0.2, 0) is 68.9 Å². The summed E-state index contributed by atoms with van der Waals surface area (Å²) in [7, 11) is 0. The van der Waals surface area contributed by atoms with Crippen molar-refractivity contribution in [3.05, 3.63) is 246 Å². The molecule has 0 saturated carbocycles. The first-order valence-electron chi connectivity index (χ1n) is 34.0. The smallest absolute Gasteiger partial charge is 0.126 e. The maximum Gasteiger partial charge on any atom is 0.126 e. The van der Waals surface area contributed by atoms with Crippen LogP contribution in [0.4, 0.5) is 0 Å². The highest BCUT2D eigenvalue weighted by atomic mass is 16.5. The Morgan fingerprint density at radius 3 is 0.659 bits per heavy atom. The largest absolute Gasteiger partial charge is 0.493 e. The van der Waals surface area contributed by atoms with Crippen LogP contribution in [0.15, 0.2) is 146 Å². The number of hydrogen-bond donors (Lipinski definition) is 0. The predicted molar refractivity (Wildman–Crippen MR) is 367 cm³/mol. The van der Waals surface area contributed by atoms with Gasteiger partial charge in [0.05, 0.1) is 52.9 Å². The fourth-order valence-electron chi connectivity index (χ4n) is 13.2. The second-order valence-corrected chi connectivity index (χ2v) is 24.6. The summed E-state index contributed by atoms with van der Waals surface area (Å²) in [5.41, 5.74) is 20.5. The SMILES string of the molecule is CCCOc1c2cccc1Cc1cccc(c1OCCC)Cc1cc3cc(c1OCCOCCOc1c4cc(cc1Cc1cccc(c1OCCC)Cc1cccc(c1OCCC)Cc1cccc(c1OCCC)C4)C/C=C\C3)Cc1cccc(c1OCCC)C2. The zero-order valence-electron chi connectivity index (χ0n) is 54.9. The Labute approximate surface area is 542 Å². The van der Waals surface area contributed by atoms with E-state index in [9.17, 15) is 0 Å². The van der Waals surface area contributed by atoms with Crippen molar-refractivity contribution in [2.75, 3.05) is 66.1 Å². The van der Waals surface area contributed by atoms with Crippen molar-refractivity contribution in [1.82, 2.24) is 0 Å². The molecule has 0 atom stereocenters. The summed E-state index contributed by atoms with van der Waals surface area (Å²) in [6.45, 7) is 18.2. The van der Waals surface area contributed by atoms with Crippen LogP contribution in [0.3, 0.4) is 0 Å². The molecule has 0 unspecified atom stereocenters. The van der Waals surface area contributed by atoms with Crippen molar-refractivity contribution >= 4 is 0 Å². The van der Waals surface area contributed by atoms with Crippen molar-refractivity contribution in [2.45, 2.75) is 144 Å². The topological polar surface area (TPSA) is 83.1 Å². The summed E-state index contributed by atoms with van der Waals surface area (Å²) in [6, 6.07) is 49.3. The third-order valence-corrected chi connectivity index (χ3v) is 17.2. The van der Waals surface area contributed by atoms with E-state index in [1.165, 1.54) is 11.1 Å². The van der Waals surface area contributed by atoms with Crippen LogP contribution in [-0.4, -0.2) is 66.1 Å². The van der Waals surface area contributed by atoms with Crippen LogP contribution >= 0.6 is 0 Å². The molecule has 4 aliphatic heterocycles. The molecular formula is C82H94O9. The van der Waals surface area contributed by atoms with Crippen LogP contribution in [0.1, 0.15) is 180 Å². The van der Waals surface area contributed by atoms with Crippen molar-refractivity contribution in [1.29, 1.82) is 0 Å². The van der Waals surface area contributed by atoms with Gasteiger partial charge >= 0.3 is 0 Å². The van der Waals surface area contributed by atoms with Gasteiger partial charge in [0.1, 0.15) is 59.2 Å². The Morgan fingerprint density at radius 1 is 0.264 bits per heavy atom. The molecule has 0 saturated heterocycles. The standard InChI is InChI=1S/C82H94O9/c1-7-35-84-75-59-23-15-24-60(75)50-64-28-18-32-68(78(64)87-38-10-4)54-72-46-57-21-13-14-22-58-47-73-55-69-33-19-29-65(79(69)88-39-11-5)51-61-25-16-26-62(76(61)85-36-8-2)52-66-30-20-34-70(80(66)89-40-12-6)56-74(48-58)82(73)91-44-42-83-41-43-90-81(72)71(45-57)53-67-31-17-27-63(49-59)77(67)86-37-9-3/h13-20,23-34,45-48H,7-12,21-22,35-44,49-56H2,1-6H3/b14-13-. The highest BCUT2D eigenvalue weighted by Crippen LogP contribution is 2.43. The lowest BCUT2D eigenvalue weighted by atomic mass is 9.89. The third kappa shape index (κ3) is 16.0. The van der Waals surface area contributed by atoms with Crippen LogP contribution in [0.2, 0.25) is 0 Å². The molecule has 9 heteroatoms. The molecule has 0 fully saturated rings. The van der Waals surface area contributed by atoms with E-state index in [0.717, 1.165) is 186 Å². The van der Waals surface area contributed by atoms with Gasteiger partial charge in [0.2, 0.25) is 0 Å². The quantitative estimate of drug-likeness (QED) is 0.0780. The van der Waals surface area contributed by atoms with E-state index in [-0.39, 0.29) is 0 Å². The van der Waals surface area contributed by atoms with E-state index in [1.807, 2.05) is 0 Å². The highest BCUT2D eigenvalue weighted by molar-refractivity contribution is 5.60. The molecule has 0 amide bonds. The molecule has 8 aromatic carbocycles. The summed E-state index contributed by atoms with van der Waals surface area (Å²) in [5, 5.41) is 0. The lowest BCUT2D eigenvalue weighted by Gasteiger charge is -2.23. The second kappa shape index (κ2) is 32.2. The monoisotopic (exact) mass is 1220 g/mol. The number of hydrogen-bond acceptors (Lipinski definition) is 9. The summed E-state index contributed by atoms with van der Waals surface area (Å²) in [5.74, 6) is 7.41. The zero-order chi connectivity index (χ0) is 62.7. The Hall–Kier alpha value is -8.14. The molecule has 0 N–H and O–H groups in total. The maximum atomic E-state index is 7.15.